The zero-order chi connectivity index (χ0) is 18.7. The largest absolute Gasteiger partial charge is 0.454 e. The lowest BCUT2D eigenvalue weighted by molar-refractivity contribution is -0.137. The van der Waals surface area contributed by atoms with E-state index in [9.17, 15) is 18.4 Å². The molecule has 0 saturated heterocycles. The van der Waals surface area contributed by atoms with E-state index in [1.54, 1.807) is 0 Å². The Kier molecular flexibility index (Phi) is 5.51. The van der Waals surface area contributed by atoms with Crippen LogP contribution in [-0.2, 0) is 9.53 Å². The van der Waals surface area contributed by atoms with Crippen LogP contribution in [0.15, 0.2) is 23.5 Å². The first kappa shape index (κ1) is 18.6. The molecule has 1 aliphatic rings. The second kappa shape index (κ2) is 7.42. The fraction of sp³-hybridized carbons (Fsp3) is 0.353. The van der Waals surface area contributed by atoms with Gasteiger partial charge in [0.15, 0.2) is 6.61 Å². The molecule has 1 aliphatic carbocycles. The van der Waals surface area contributed by atoms with Crippen LogP contribution in [0.1, 0.15) is 35.7 Å². The summed E-state index contributed by atoms with van der Waals surface area (Å²) in [6.45, 7) is 1.88. The molecule has 134 valence electrons. The highest BCUT2D eigenvalue weighted by atomic mass is 19.1. The van der Waals surface area contributed by atoms with Gasteiger partial charge in [-0.1, -0.05) is 6.07 Å². The van der Waals surface area contributed by atoms with Gasteiger partial charge in [-0.25, -0.2) is 13.6 Å². The van der Waals surface area contributed by atoms with Crippen molar-refractivity contribution in [2.24, 2.45) is 5.73 Å². The zero-order valence-corrected chi connectivity index (χ0v) is 13.9. The maximum absolute atomic E-state index is 13.9. The molecule has 1 fully saturated rings. The van der Waals surface area contributed by atoms with E-state index in [1.165, 1.54) is 19.9 Å². The van der Waals surface area contributed by atoms with Gasteiger partial charge in [-0.15, -0.1) is 0 Å². The fourth-order valence-electron chi connectivity index (χ4n) is 2.17. The predicted octanol–water partition coefficient (Wildman–Crippen LogP) is 1.96. The number of halogens is 2. The average Bonchev–Trinajstić information content (AvgIpc) is 3.33. The molecule has 1 aromatic rings. The molecule has 0 amide bonds. The molecular formula is C17H19F2N3O3. The Hall–Kier alpha value is -2.77. The van der Waals surface area contributed by atoms with Crippen LogP contribution in [0.4, 0.5) is 8.78 Å². The highest BCUT2D eigenvalue weighted by Crippen LogP contribution is 2.20. The lowest BCUT2D eigenvalue weighted by Gasteiger charge is -2.12. The third-order valence-corrected chi connectivity index (χ3v) is 3.68. The summed E-state index contributed by atoms with van der Waals surface area (Å²) in [5, 5.41) is 10.5. The summed E-state index contributed by atoms with van der Waals surface area (Å²) in [5.74, 6) is -4.05. The number of carbonyl (C=O) groups excluding carboxylic acids is 2. The zero-order valence-electron chi connectivity index (χ0n) is 13.9. The lowest BCUT2D eigenvalue weighted by Crippen LogP contribution is -2.30. The van der Waals surface area contributed by atoms with E-state index in [1.807, 2.05) is 0 Å². The number of ether oxygens (including phenoxy) is 1. The van der Waals surface area contributed by atoms with Gasteiger partial charge in [-0.05, 0) is 38.3 Å². The van der Waals surface area contributed by atoms with Gasteiger partial charge in [-0.3, -0.25) is 4.79 Å². The minimum absolute atomic E-state index is 0.0136. The van der Waals surface area contributed by atoms with Crippen LogP contribution >= 0.6 is 0 Å². The molecule has 0 bridgehead atoms. The van der Waals surface area contributed by atoms with Crippen LogP contribution in [-0.4, -0.2) is 30.1 Å². The second-order valence-electron chi connectivity index (χ2n) is 5.88. The summed E-state index contributed by atoms with van der Waals surface area (Å²) in [4.78, 5) is 24.1. The van der Waals surface area contributed by atoms with Gasteiger partial charge in [0.25, 0.3) is 0 Å². The molecule has 1 aromatic carbocycles. The molecule has 6 nitrogen and oxygen atoms in total. The predicted molar refractivity (Wildman–Crippen MR) is 87.2 cm³/mol. The molecule has 0 aliphatic heterocycles. The van der Waals surface area contributed by atoms with E-state index in [0.29, 0.717) is 0 Å². The summed E-state index contributed by atoms with van der Waals surface area (Å²) >= 11 is 0. The van der Waals surface area contributed by atoms with Crippen LogP contribution in [0, 0.1) is 24.0 Å². The van der Waals surface area contributed by atoms with Crippen LogP contribution in [0.3, 0.4) is 0 Å². The number of aryl methyl sites for hydroxylation is 1. The minimum Gasteiger partial charge on any atom is -0.454 e. The average molecular weight is 351 g/mol. The molecule has 0 heterocycles. The Morgan fingerprint density at radius 1 is 1.36 bits per heavy atom. The molecule has 8 heteroatoms. The molecule has 25 heavy (non-hydrogen) atoms. The number of rotatable bonds is 7. The van der Waals surface area contributed by atoms with Crippen molar-refractivity contribution in [2.75, 3.05) is 6.61 Å². The summed E-state index contributed by atoms with van der Waals surface area (Å²) in [6, 6.07) is 2.33. The van der Waals surface area contributed by atoms with Crippen molar-refractivity contribution < 1.29 is 23.1 Å². The molecule has 0 aromatic heterocycles. The molecular weight excluding hydrogens is 332 g/mol. The number of esters is 1. The van der Waals surface area contributed by atoms with Crippen LogP contribution in [0.25, 0.3) is 0 Å². The lowest BCUT2D eigenvalue weighted by atomic mass is 10.1. The highest BCUT2D eigenvalue weighted by Gasteiger charge is 2.26. The third kappa shape index (κ3) is 4.40. The quantitative estimate of drug-likeness (QED) is 0.301. The van der Waals surface area contributed by atoms with Crippen molar-refractivity contribution in [2.45, 2.75) is 32.7 Å². The van der Waals surface area contributed by atoms with Gasteiger partial charge < -0.3 is 21.2 Å². The van der Waals surface area contributed by atoms with Crippen molar-refractivity contribution in [3.63, 3.8) is 0 Å². The molecule has 0 atom stereocenters. The first-order chi connectivity index (χ1) is 11.7. The van der Waals surface area contributed by atoms with E-state index >= 15 is 0 Å². The Morgan fingerprint density at radius 2 is 2.00 bits per heavy atom. The summed E-state index contributed by atoms with van der Waals surface area (Å²) in [5.41, 5.74) is 4.77. The van der Waals surface area contributed by atoms with Crippen LogP contribution in [0.5, 0.6) is 0 Å². The van der Waals surface area contributed by atoms with Crippen molar-refractivity contribution in [1.82, 2.24) is 5.32 Å². The standard InChI is InChI=1S/C17H19F2N3O3/c1-8-3-6-11(18)14(15(8)19)12(23)7-25-17(24)13(9(2)20)16(21)22-10-4-5-10/h3,6,10,20,22H,4-5,7,21H2,1-2H3/b16-13+,20-9?. The van der Waals surface area contributed by atoms with E-state index in [2.05, 4.69) is 5.32 Å². The summed E-state index contributed by atoms with van der Waals surface area (Å²) < 4.78 is 32.4. The van der Waals surface area contributed by atoms with Gasteiger partial charge in [0.2, 0.25) is 5.78 Å². The van der Waals surface area contributed by atoms with Gasteiger partial charge >= 0.3 is 5.97 Å². The Balaban J connectivity index is 2.11. The number of hydrogen-bond acceptors (Lipinski definition) is 6. The van der Waals surface area contributed by atoms with Gasteiger partial charge in [0.05, 0.1) is 5.56 Å². The first-order valence-electron chi connectivity index (χ1n) is 7.69. The number of Topliss-reactive ketones (excluding diaryl/α,β-unsaturated/α-hetero) is 1. The Bertz CT molecular complexity index is 771. The van der Waals surface area contributed by atoms with Gasteiger partial charge in [0.1, 0.15) is 23.0 Å². The van der Waals surface area contributed by atoms with Crippen molar-refractivity contribution in [3.05, 3.63) is 46.3 Å². The molecule has 4 N–H and O–H groups in total. The van der Waals surface area contributed by atoms with Gasteiger partial charge in [-0.2, -0.15) is 0 Å². The van der Waals surface area contributed by atoms with Crippen molar-refractivity contribution >= 4 is 17.5 Å². The molecule has 0 spiro atoms. The Labute approximate surface area is 143 Å². The first-order valence-corrected chi connectivity index (χ1v) is 7.69. The maximum atomic E-state index is 13.9. The van der Waals surface area contributed by atoms with Crippen molar-refractivity contribution in [1.29, 1.82) is 5.41 Å². The van der Waals surface area contributed by atoms with E-state index in [4.69, 9.17) is 15.9 Å². The topological polar surface area (TPSA) is 105 Å². The molecule has 1 saturated carbocycles. The number of ketones is 1. The third-order valence-electron chi connectivity index (χ3n) is 3.68. The number of carbonyl (C=O) groups is 2. The van der Waals surface area contributed by atoms with E-state index in [-0.39, 0.29) is 28.7 Å². The van der Waals surface area contributed by atoms with E-state index in [0.717, 1.165) is 18.9 Å². The van der Waals surface area contributed by atoms with Crippen LogP contribution in [0.2, 0.25) is 0 Å². The fourth-order valence-corrected chi connectivity index (χ4v) is 2.17. The van der Waals surface area contributed by atoms with Crippen molar-refractivity contribution in [3.8, 4) is 0 Å². The number of benzene rings is 1. The van der Waals surface area contributed by atoms with Crippen LogP contribution < -0.4 is 11.1 Å². The summed E-state index contributed by atoms with van der Waals surface area (Å²) in [6.07, 6.45) is 1.81. The van der Waals surface area contributed by atoms with Gasteiger partial charge in [0, 0.05) is 11.8 Å². The second-order valence-corrected chi connectivity index (χ2v) is 5.88. The number of hydrogen-bond donors (Lipinski definition) is 3. The van der Waals surface area contributed by atoms with E-state index < -0.39 is 35.6 Å². The molecule has 0 unspecified atom stereocenters. The molecule has 2 rings (SSSR count). The normalized spacial score (nSPS) is 14.6. The summed E-state index contributed by atoms with van der Waals surface area (Å²) in [7, 11) is 0. The minimum atomic E-state index is -1.03. The Morgan fingerprint density at radius 3 is 2.56 bits per heavy atom. The number of nitrogens with two attached hydrogens (primary N) is 1. The maximum Gasteiger partial charge on any atom is 0.344 e. The SMILES string of the molecule is CC(=N)/C(C(=O)OCC(=O)c1c(F)ccc(C)c1F)=C(/N)NC1CC1. The number of nitrogens with one attached hydrogen (secondary N) is 2. The highest BCUT2D eigenvalue weighted by molar-refractivity contribution is 6.18. The molecule has 0 radical (unpaired) electrons. The monoisotopic (exact) mass is 351 g/mol. The smallest absolute Gasteiger partial charge is 0.344 e.